The zero-order chi connectivity index (χ0) is 22.5. The number of ether oxygens (including phenoxy) is 1. The SMILES string of the molecule is COc1cc(C(N)=NC(C)C)ccc1-n1cc(-c2ccc(C(N)=NC(C)C)cc2)nn1.Cl.Cl. The van der Waals surface area contributed by atoms with Crippen LogP contribution in [0.5, 0.6) is 5.75 Å². The maximum absolute atomic E-state index is 6.09. The molecule has 4 N–H and O–H groups in total. The van der Waals surface area contributed by atoms with Crippen LogP contribution in [0, 0.1) is 0 Å². The molecule has 0 aliphatic rings. The molecule has 0 saturated carbocycles. The summed E-state index contributed by atoms with van der Waals surface area (Å²) >= 11 is 0. The molecule has 10 heteroatoms. The number of benzene rings is 2. The summed E-state index contributed by atoms with van der Waals surface area (Å²) in [4.78, 5) is 8.77. The van der Waals surface area contributed by atoms with Crippen molar-refractivity contribution in [1.82, 2.24) is 15.0 Å². The number of amidine groups is 2. The average Bonchev–Trinajstić information content (AvgIpc) is 3.22. The lowest BCUT2D eigenvalue weighted by Gasteiger charge is -2.10. The number of methoxy groups -OCH3 is 1. The van der Waals surface area contributed by atoms with Crippen LogP contribution in [0.2, 0.25) is 0 Å². The fraction of sp³-hybridized carbons (Fsp3) is 0.304. The smallest absolute Gasteiger partial charge is 0.145 e. The van der Waals surface area contributed by atoms with E-state index in [1.54, 1.807) is 11.8 Å². The molecular weight excluding hydrogens is 461 g/mol. The van der Waals surface area contributed by atoms with Crippen molar-refractivity contribution in [2.75, 3.05) is 7.11 Å². The minimum absolute atomic E-state index is 0. The molecule has 0 atom stereocenters. The van der Waals surface area contributed by atoms with Crippen LogP contribution in [0.3, 0.4) is 0 Å². The van der Waals surface area contributed by atoms with Gasteiger partial charge in [-0.05, 0) is 45.9 Å². The first-order valence-electron chi connectivity index (χ1n) is 10.2. The Bertz CT molecular complexity index is 1110. The van der Waals surface area contributed by atoms with Gasteiger partial charge in [-0.2, -0.15) is 0 Å². The minimum atomic E-state index is 0. The van der Waals surface area contributed by atoms with E-state index in [9.17, 15) is 0 Å². The first kappa shape index (κ1) is 27.9. The van der Waals surface area contributed by atoms with E-state index in [0.29, 0.717) is 17.4 Å². The summed E-state index contributed by atoms with van der Waals surface area (Å²) in [6.45, 7) is 7.94. The average molecular weight is 492 g/mol. The van der Waals surface area contributed by atoms with Crippen molar-refractivity contribution in [3.63, 3.8) is 0 Å². The molecule has 0 radical (unpaired) electrons. The molecule has 0 spiro atoms. The van der Waals surface area contributed by atoms with E-state index in [1.165, 1.54) is 0 Å². The summed E-state index contributed by atoms with van der Waals surface area (Å²) in [6.07, 6.45) is 1.85. The Hall–Kier alpha value is -3.10. The molecule has 178 valence electrons. The summed E-state index contributed by atoms with van der Waals surface area (Å²) in [7, 11) is 1.61. The second-order valence-corrected chi connectivity index (χ2v) is 7.73. The summed E-state index contributed by atoms with van der Waals surface area (Å²) in [5.74, 6) is 1.62. The largest absolute Gasteiger partial charge is 0.494 e. The predicted molar refractivity (Wildman–Crippen MR) is 140 cm³/mol. The Kier molecular flexibility index (Phi) is 10.3. The van der Waals surface area contributed by atoms with Gasteiger partial charge >= 0.3 is 0 Å². The van der Waals surface area contributed by atoms with Crippen molar-refractivity contribution in [1.29, 1.82) is 0 Å². The molecule has 2 aromatic carbocycles. The topological polar surface area (TPSA) is 117 Å². The van der Waals surface area contributed by atoms with Crippen molar-refractivity contribution in [2.45, 2.75) is 39.8 Å². The molecule has 1 aromatic heterocycles. The lowest BCUT2D eigenvalue weighted by molar-refractivity contribution is 0.411. The quantitative estimate of drug-likeness (QED) is 0.382. The number of aromatic nitrogens is 3. The van der Waals surface area contributed by atoms with Crippen LogP contribution in [0.25, 0.3) is 16.9 Å². The molecule has 0 aliphatic heterocycles. The van der Waals surface area contributed by atoms with Gasteiger partial charge in [0.05, 0.1) is 13.3 Å². The van der Waals surface area contributed by atoms with Crippen molar-refractivity contribution >= 4 is 36.5 Å². The maximum Gasteiger partial charge on any atom is 0.145 e. The third kappa shape index (κ3) is 6.94. The number of halogens is 2. The summed E-state index contributed by atoms with van der Waals surface area (Å²) < 4.78 is 7.23. The Morgan fingerprint density at radius 3 is 1.97 bits per heavy atom. The van der Waals surface area contributed by atoms with Crippen molar-refractivity contribution < 1.29 is 4.74 Å². The Morgan fingerprint density at radius 1 is 0.879 bits per heavy atom. The number of rotatable bonds is 7. The zero-order valence-electron chi connectivity index (χ0n) is 19.4. The molecule has 8 nitrogen and oxygen atoms in total. The first-order valence-corrected chi connectivity index (χ1v) is 10.2. The van der Waals surface area contributed by atoms with Gasteiger partial charge < -0.3 is 16.2 Å². The number of nitrogens with zero attached hydrogens (tertiary/aromatic N) is 5. The van der Waals surface area contributed by atoms with Crippen LogP contribution in [0.15, 0.2) is 58.6 Å². The third-order valence-corrected chi connectivity index (χ3v) is 4.49. The molecule has 0 saturated heterocycles. The molecular formula is C23H31Cl2N7O. The van der Waals surface area contributed by atoms with E-state index < -0.39 is 0 Å². The molecule has 0 bridgehead atoms. The summed E-state index contributed by atoms with van der Waals surface area (Å²) in [5.41, 5.74) is 16.2. The standard InChI is InChI=1S/C23H29N7O.2ClH/c1-14(2)26-22(24)17-8-6-16(7-9-17)19-13-30(29-28-19)20-11-10-18(12-21(20)31-5)23(25)27-15(3)4;;/h6-15H,1-5H3,(H2,24,26)(H2,25,27);2*1H. The van der Waals surface area contributed by atoms with Gasteiger partial charge in [0.2, 0.25) is 0 Å². The normalized spacial score (nSPS) is 11.8. The highest BCUT2D eigenvalue weighted by Gasteiger charge is 2.12. The van der Waals surface area contributed by atoms with Crippen molar-refractivity contribution in [3.05, 3.63) is 59.8 Å². The van der Waals surface area contributed by atoms with Crippen LogP contribution in [-0.4, -0.2) is 45.9 Å². The minimum Gasteiger partial charge on any atom is -0.494 e. The number of aliphatic imine (C=N–C) groups is 2. The molecule has 1 heterocycles. The zero-order valence-corrected chi connectivity index (χ0v) is 21.0. The second kappa shape index (κ2) is 12.2. The van der Waals surface area contributed by atoms with Gasteiger partial charge in [0.1, 0.15) is 28.8 Å². The molecule has 3 aromatic rings. The van der Waals surface area contributed by atoms with Crippen LogP contribution in [0.4, 0.5) is 0 Å². The molecule has 33 heavy (non-hydrogen) atoms. The van der Waals surface area contributed by atoms with Gasteiger partial charge in [0.25, 0.3) is 0 Å². The van der Waals surface area contributed by atoms with E-state index in [4.69, 9.17) is 16.2 Å². The second-order valence-electron chi connectivity index (χ2n) is 7.73. The Labute approximate surface area is 207 Å². The van der Waals surface area contributed by atoms with Crippen LogP contribution < -0.4 is 16.2 Å². The molecule has 3 rings (SSSR count). The van der Waals surface area contributed by atoms with Gasteiger partial charge in [-0.15, -0.1) is 29.9 Å². The van der Waals surface area contributed by atoms with Gasteiger partial charge in [-0.25, -0.2) is 4.68 Å². The van der Waals surface area contributed by atoms with Crippen LogP contribution in [-0.2, 0) is 0 Å². The van der Waals surface area contributed by atoms with Crippen LogP contribution in [0.1, 0.15) is 38.8 Å². The Balaban J connectivity index is 0.00000272. The highest BCUT2D eigenvalue weighted by molar-refractivity contribution is 5.98. The van der Waals surface area contributed by atoms with E-state index in [1.807, 2.05) is 76.4 Å². The van der Waals surface area contributed by atoms with Crippen molar-refractivity contribution in [3.8, 4) is 22.7 Å². The first-order chi connectivity index (χ1) is 14.8. The monoisotopic (exact) mass is 491 g/mol. The highest BCUT2D eigenvalue weighted by atomic mass is 35.5. The van der Waals surface area contributed by atoms with Gasteiger partial charge in [-0.3, -0.25) is 9.98 Å². The lowest BCUT2D eigenvalue weighted by atomic mass is 10.1. The number of hydrogen-bond donors (Lipinski definition) is 2. The van der Waals surface area contributed by atoms with Gasteiger partial charge in [0, 0.05) is 28.8 Å². The highest BCUT2D eigenvalue weighted by Crippen LogP contribution is 2.26. The van der Waals surface area contributed by atoms with E-state index in [-0.39, 0.29) is 36.9 Å². The van der Waals surface area contributed by atoms with E-state index >= 15 is 0 Å². The summed E-state index contributed by atoms with van der Waals surface area (Å²) in [6, 6.07) is 13.7. The maximum atomic E-state index is 6.09. The fourth-order valence-corrected chi connectivity index (χ4v) is 3.06. The predicted octanol–water partition coefficient (Wildman–Crippen LogP) is 4.01. The molecule has 0 amide bonds. The molecule has 0 unspecified atom stereocenters. The molecule has 0 fully saturated rings. The molecule has 0 aliphatic carbocycles. The van der Waals surface area contributed by atoms with Crippen LogP contribution >= 0.6 is 24.8 Å². The summed E-state index contributed by atoms with van der Waals surface area (Å²) in [5, 5.41) is 8.57. The Morgan fingerprint density at radius 2 is 1.42 bits per heavy atom. The van der Waals surface area contributed by atoms with E-state index in [2.05, 4.69) is 20.3 Å². The third-order valence-electron chi connectivity index (χ3n) is 4.49. The van der Waals surface area contributed by atoms with E-state index in [0.717, 1.165) is 28.1 Å². The van der Waals surface area contributed by atoms with Crippen molar-refractivity contribution in [2.24, 2.45) is 21.5 Å². The fourth-order valence-electron chi connectivity index (χ4n) is 3.06. The number of hydrogen-bond acceptors (Lipinski definition) is 5. The number of nitrogens with two attached hydrogens (primary N) is 2. The van der Waals surface area contributed by atoms with Gasteiger partial charge in [-0.1, -0.05) is 29.5 Å². The lowest BCUT2D eigenvalue weighted by Crippen LogP contribution is -2.16. The van der Waals surface area contributed by atoms with Gasteiger partial charge in [0.15, 0.2) is 0 Å².